The lowest BCUT2D eigenvalue weighted by atomic mass is 10.1. The predicted molar refractivity (Wildman–Crippen MR) is 53.0 cm³/mol. The molecule has 1 unspecified atom stereocenters. The molecule has 1 N–H and O–H groups in total. The standard InChI is InChI=1S/C11H17NO/c1-3-6-9(2)12-11(13)10-7-4-5-8-10/h1,9-10H,4-8H2,2H3,(H,12,13). The summed E-state index contributed by atoms with van der Waals surface area (Å²) < 4.78 is 0. The third-order valence-electron chi connectivity index (χ3n) is 2.54. The number of carbonyl (C=O) groups is 1. The van der Waals surface area contributed by atoms with Gasteiger partial charge in [0.05, 0.1) is 0 Å². The van der Waals surface area contributed by atoms with Gasteiger partial charge in [-0.05, 0) is 19.8 Å². The third-order valence-corrected chi connectivity index (χ3v) is 2.54. The van der Waals surface area contributed by atoms with E-state index in [1.165, 1.54) is 12.8 Å². The Balaban J connectivity index is 2.28. The fraction of sp³-hybridized carbons (Fsp3) is 0.727. The van der Waals surface area contributed by atoms with Gasteiger partial charge in [-0.15, -0.1) is 12.3 Å². The van der Waals surface area contributed by atoms with Gasteiger partial charge in [0, 0.05) is 18.4 Å². The molecule has 2 nitrogen and oxygen atoms in total. The average molecular weight is 179 g/mol. The van der Waals surface area contributed by atoms with Crippen LogP contribution in [-0.2, 0) is 4.79 Å². The molecule has 0 saturated heterocycles. The number of carbonyl (C=O) groups excluding carboxylic acids is 1. The highest BCUT2D eigenvalue weighted by Gasteiger charge is 2.23. The monoisotopic (exact) mass is 179 g/mol. The first kappa shape index (κ1) is 10.1. The molecule has 1 rings (SSSR count). The Labute approximate surface area is 80.1 Å². The van der Waals surface area contributed by atoms with Crippen molar-refractivity contribution < 1.29 is 4.79 Å². The summed E-state index contributed by atoms with van der Waals surface area (Å²) in [6.45, 7) is 1.95. The number of rotatable bonds is 3. The van der Waals surface area contributed by atoms with E-state index in [1.54, 1.807) is 0 Å². The van der Waals surface area contributed by atoms with Crippen LogP contribution in [0.4, 0.5) is 0 Å². The molecular formula is C11H17NO. The maximum atomic E-state index is 11.6. The van der Waals surface area contributed by atoms with Gasteiger partial charge >= 0.3 is 0 Å². The van der Waals surface area contributed by atoms with Crippen molar-refractivity contribution >= 4 is 5.91 Å². The van der Waals surface area contributed by atoms with Gasteiger partial charge in [-0.1, -0.05) is 12.8 Å². The number of amides is 1. The first-order chi connectivity index (χ1) is 6.24. The van der Waals surface area contributed by atoms with E-state index in [9.17, 15) is 4.79 Å². The van der Waals surface area contributed by atoms with E-state index in [4.69, 9.17) is 6.42 Å². The average Bonchev–Trinajstić information content (AvgIpc) is 2.55. The Kier molecular flexibility index (Phi) is 3.82. The SMILES string of the molecule is C#CCC(C)NC(=O)C1CCCC1. The third kappa shape index (κ3) is 3.10. The smallest absolute Gasteiger partial charge is 0.223 e. The molecular weight excluding hydrogens is 162 g/mol. The van der Waals surface area contributed by atoms with Crippen LogP contribution in [-0.4, -0.2) is 11.9 Å². The van der Waals surface area contributed by atoms with Crippen molar-refractivity contribution in [3.05, 3.63) is 0 Å². The summed E-state index contributed by atoms with van der Waals surface area (Å²) in [5.74, 6) is 2.99. The molecule has 0 bridgehead atoms. The van der Waals surface area contributed by atoms with Crippen LogP contribution >= 0.6 is 0 Å². The van der Waals surface area contributed by atoms with Crippen LogP contribution in [0.3, 0.4) is 0 Å². The van der Waals surface area contributed by atoms with Gasteiger partial charge in [0.2, 0.25) is 5.91 Å². The predicted octanol–water partition coefficient (Wildman–Crippen LogP) is 1.70. The molecule has 1 amide bonds. The topological polar surface area (TPSA) is 29.1 Å². The van der Waals surface area contributed by atoms with E-state index in [2.05, 4.69) is 11.2 Å². The second-order valence-corrected chi connectivity index (χ2v) is 3.80. The highest BCUT2D eigenvalue weighted by Crippen LogP contribution is 2.24. The Hall–Kier alpha value is -0.970. The minimum Gasteiger partial charge on any atom is -0.352 e. The van der Waals surface area contributed by atoms with Crippen molar-refractivity contribution in [2.75, 3.05) is 0 Å². The highest BCUT2D eigenvalue weighted by atomic mass is 16.1. The normalized spacial score (nSPS) is 19.4. The maximum Gasteiger partial charge on any atom is 0.223 e. The molecule has 1 aliphatic carbocycles. The Morgan fingerprint density at radius 3 is 2.77 bits per heavy atom. The molecule has 0 aromatic rings. The summed E-state index contributed by atoms with van der Waals surface area (Å²) in [4.78, 5) is 11.6. The molecule has 2 heteroatoms. The first-order valence-electron chi connectivity index (χ1n) is 4.98. The molecule has 1 saturated carbocycles. The van der Waals surface area contributed by atoms with Crippen LogP contribution < -0.4 is 5.32 Å². The zero-order valence-corrected chi connectivity index (χ0v) is 8.18. The number of hydrogen-bond donors (Lipinski definition) is 1. The molecule has 1 atom stereocenters. The Bertz CT molecular complexity index is 211. The zero-order valence-electron chi connectivity index (χ0n) is 8.18. The summed E-state index contributed by atoms with van der Waals surface area (Å²) in [6.07, 6.45) is 10.3. The molecule has 0 radical (unpaired) electrons. The minimum atomic E-state index is 0.123. The second-order valence-electron chi connectivity index (χ2n) is 3.80. The molecule has 0 heterocycles. The molecule has 0 aliphatic heterocycles. The lowest BCUT2D eigenvalue weighted by Crippen LogP contribution is -2.36. The van der Waals surface area contributed by atoms with E-state index in [1.807, 2.05) is 6.92 Å². The lowest BCUT2D eigenvalue weighted by Gasteiger charge is -2.14. The van der Waals surface area contributed by atoms with Gasteiger partial charge in [-0.3, -0.25) is 4.79 Å². The maximum absolute atomic E-state index is 11.6. The van der Waals surface area contributed by atoms with Crippen LogP contribution in [0.5, 0.6) is 0 Å². The van der Waals surface area contributed by atoms with Crippen LogP contribution in [0.2, 0.25) is 0 Å². The summed E-state index contributed by atoms with van der Waals surface area (Å²) in [6, 6.07) is 0.123. The molecule has 0 aromatic carbocycles. The summed E-state index contributed by atoms with van der Waals surface area (Å²) >= 11 is 0. The lowest BCUT2D eigenvalue weighted by molar-refractivity contribution is -0.125. The molecule has 0 aromatic heterocycles. The van der Waals surface area contributed by atoms with Gasteiger partial charge < -0.3 is 5.32 Å². The summed E-state index contributed by atoms with van der Waals surface area (Å²) in [5, 5.41) is 2.94. The van der Waals surface area contributed by atoms with Crippen molar-refractivity contribution in [2.24, 2.45) is 5.92 Å². The van der Waals surface area contributed by atoms with Crippen molar-refractivity contribution in [3.63, 3.8) is 0 Å². The van der Waals surface area contributed by atoms with Gasteiger partial charge in [0.1, 0.15) is 0 Å². The zero-order chi connectivity index (χ0) is 9.68. The number of nitrogens with one attached hydrogen (secondary N) is 1. The summed E-state index contributed by atoms with van der Waals surface area (Å²) in [5.41, 5.74) is 0. The molecule has 1 fully saturated rings. The van der Waals surface area contributed by atoms with E-state index in [0.717, 1.165) is 12.8 Å². The van der Waals surface area contributed by atoms with E-state index < -0.39 is 0 Å². The highest BCUT2D eigenvalue weighted by molar-refractivity contribution is 5.79. The van der Waals surface area contributed by atoms with Crippen molar-refractivity contribution in [2.45, 2.75) is 45.1 Å². The van der Waals surface area contributed by atoms with E-state index in [0.29, 0.717) is 6.42 Å². The van der Waals surface area contributed by atoms with E-state index >= 15 is 0 Å². The van der Waals surface area contributed by atoms with Crippen molar-refractivity contribution in [1.29, 1.82) is 0 Å². The first-order valence-corrected chi connectivity index (χ1v) is 4.98. The van der Waals surface area contributed by atoms with Crippen LogP contribution in [0, 0.1) is 18.3 Å². The van der Waals surface area contributed by atoms with Gasteiger partial charge in [-0.2, -0.15) is 0 Å². The van der Waals surface area contributed by atoms with Crippen LogP contribution in [0.15, 0.2) is 0 Å². The Morgan fingerprint density at radius 1 is 1.62 bits per heavy atom. The Morgan fingerprint density at radius 2 is 2.23 bits per heavy atom. The second kappa shape index (κ2) is 4.91. The van der Waals surface area contributed by atoms with Gasteiger partial charge in [0.25, 0.3) is 0 Å². The fourth-order valence-electron chi connectivity index (χ4n) is 1.78. The number of hydrogen-bond acceptors (Lipinski definition) is 1. The molecule has 13 heavy (non-hydrogen) atoms. The quantitative estimate of drug-likeness (QED) is 0.656. The minimum absolute atomic E-state index is 0.123. The molecule has 1 aliphatic rings. The largest absolute Gasteiger partial charge is 0.352 e. The summed E-state index contributed by atoms with van der Waals surface area (Å²) in [7, 11) is 0. The van der Waals surface area contributed by atoms with E-state index in [-0.39, 0.29) is 17.9 Å². The van der Waals surface area contributed by atoms with Crippen molar-refractivity contribution in [1.82, 2.24) is 5.32 Å². The van der Waals surface area contributed by atoms with Crippen molar-refractivity contribution in [3.8, 4) is 12.3 Å². The van der Waals surface area contributed by atoms with Crippen LogP contribution in [0.25, 0.3) is 0 Å². The fourth-order valence-corrected chi connectivity index (χ4v) is 1.78. The number of terminal acetylenes is 1. The van der Waals surface area contributed by atoms with Gasteiger partial charge in [-0.25, -0.2) is 0 Å². The van der Waals surface area contributed by atoms with Crippen LogP contribution in [0.1, 0.15) is 39.0 Å². The molecule has 0 spiro atoms. The van der Waals surface area contributed by atoms with Gasteiger partial charge in [0.15, 0.2) is 0 Å². The molecule has 72 valence electrons.